The molecule has 0 fully saturated rings. The van der Waals surface area contributed by atoms with E-state index in [1.807, 2.05) is 12.1 Å². The van der Waals surface area contributed by atoms with E-state index in [-0.39, 0.29) is 11.5 Å². The van der Waals surface area contributed by atoms with Gasteiger partial charge in [0, 0.05) is 10.8 Å². The van der Waals surface area contributed by atoms with Crippen molar-refractivity contribution in [2.45, 2.75) is 12.8 Å². The molecule has 3 aliphatic rings. The molecule has 2 N–H and O–H groups in total. The Hall–Kier alpha value is -2.94. The van der Waals surface area contributed by atoms with Gasteiger partial charge >= 0.3 is 0 Å². The molecule has 0 radical (unpaired) electrons. The van der Waals surface area contributed by atoms with Crippen molar-refractivity contribution in [1.29, 1.82) is 0 Å². The third-order valence-electron chi connectivity index (χ3n) is 3.55. The Kier molecular flexibility index (Phi) is 4.48. The van der Waals surface area contributed by atoms with Crippen LogP contribution in [0.5, 0.6) is 23.0 Å². The first-order valence-corrected chi connectivity index (χ1v) is 7.57. The fraction of sp³-hybridized carbons (Fsp3) is 0.100. The summed E-state index contributed by atoms with van der Waals surface area (Å²) in [5.41, 5.74) is 0. The minimum atomic E-state index is -0.159. The van der Waals surface area contributed by atoms with Crippen LogP contribution in [0.1, 0.15) is 12.8 Å². The van der Waals surface area contributed by atoms with Gasteiger partial charge in [-0.15, -0.1) is 0 Å². The van der Waals surface area contributed by atoms with Crippen LogP contribution >= 0.6 is 0 Å². The van der Waals surface area contributed by atoms with Crippen molar-refractivity contribution in [1.82, 2.24) is 0 Å². The highest BCUT2D eigenvalue weighted by atomic mass is 16.6. The lowest BCUT2D eigenvalue weighted by molar-refractivity contribution is 0.403. The van der Waals surface area contributed by atoms with Crippen molar-refractivity contribution in [2.24, 2.45) is 0 Å². The van der Waals surface area contributed by atoms with Crippen LogP contribution in [0.25, 0.3) is 10.8 Å². The van der Waals surface area contributed by atoms with Gasteiger partial charge in [0.05, 0.1) is 0 Å². The summed E-state index contributed by atoms with van der Waals surface area (Å²) in [5.74, 6) is 0.808. The van der Waals surface area contributed by atoms with Crippen LogP contribution < -0.4 is 4.74 Å². The maximum Gasteiger partial charge on any atom is 0.216 e. The number of fused-ring (bicyclic) bond motifs is 3. The molecule has 0 saturated carbocycles. The van der Waals surface area contributed by atoms with E-state index in [9.17, 15) is 10.2 Å². The molecule has 0 spiro atoms. The topological polar surface area (TPSA) is 53.0 Å². The fourth-order valence-electron chi connectivity index (χ4n) is 2.32. The molecule has 0 saturated heterocycles. The lowest BCUT2D eigenvalue weighted by Crippen LogP contribution is -1.69. The summed E-state index contributed by atoms with van der Waals surface area (Å²) in [6, 6.07) is 7.25. The molecule has 0 bridgehead atoms. The van der Waals surface area contributed by atoms with Crippen molar-refractivity contribution < 1.29 is 14.9 Å². The predicted octanol–water partition coefficient (Wildman–Crippen LogP) is 5.36. The first-order valence-electron chi connectivity index (χ1n) is 7.57. The Balaban J connectivity index is 0.000000128. The maximum absolute atomic E-state index is 9.54. The largest absolute Gasteiger partial charge is 0.504 e. The smallest absolute Gasteiger partial charge is 0.216 e. The number of rotatable bonds is 0. The van der Waals surface area contributed by atoms with Gasteiger partial charge in [0.15, 0.2) is 11.5 Å². The minimum Gasteiger partial charge on any atom is -0.504 e. The first kappa shape index (κ1) is 15.0. The SMILES string of the molecule is C1=CCC=C1.C1=CCC=C1.Oc1c2c(c3ccccc3c1O)O2. The third kappa shape index (κ3) is 3.46. The second-order valence-electron chi connectivity index (χ2n) is 5.19. The van der Waals surface area contributed by atoms with Gasteiger partial charge in [-0.3, -0.25) is 0 Å². The van der Waals surface area contributed by atoms with Gasteiger partial charge in [0.2, 0.25) is 11.5 Å². The Morgan fingerprint density at radius 3 is 1.65 bits per heavy atom. The Morgan fingerprint density at radius 2 is 1.17 bits per heavy atom. The van der Waals surface area contributed by atoms with Gasteiger partial charge < -0.3 is 14.9 Å². The van der Waals surface area contributed by atoms with Crippen LogP contribution in [0.4, 0.5) is 0 Å². The van der Waals surface area contributed by atoms with Gasteiger partial charge in [-0.2, -0.15) is 0 Å². The Labute approximate surface area is 135 Å². The number of phenols is 2. The molecule has 2 aliphatic carbocycles. The van der Waals surface area contributed by atoms with Crippen LogP contribution in [0.2, 0.25) is 0 Å². The van der Waals surface area contributed by atoms with E-state index in [2.05, 4.69) is 48.6 Å². The van der Waals surface area contributed by atoms with Crippen LogP contribution in [-0.2, 0) is 0 Å². The van der Waals surface area contributed by atoms with E-state index in [4.69, 9.17) is 4.74 Å². The molecule has 3 heteroatoms. The molecule has 1 heterocycles. The zero-order valence-corrected chi connectivity index (χ0v) is 12.6. The molecule has 5 rings (SSSR count). The number of ether oxygens (including phenoxy) is 1. The van der Waals surface area contributed by atoms with E-state index in [1.54, 1.807) is 12.1 Å². The zero-order valence-electron chi connectivity index (χ0n) is 12.6. The number of hydrogen-bond donors (Lipinski definition) is 2. The molecular formula is C20H18O3. The third-order valence-corrected chi connectivity index (χ3v) is 3.55. The highest BCUT2D eigenvalue weighted by Gasteiger charge is 2.31. The van der Waals surface area contributed by atoms with E-state index in [0.717, 1.165) is 18.2 Å². The molecule has 0 aromatic heterocycles. The normalized spacial score (nSPS) is 14.6. The summed E-state index contributed by atoms with van der Waals surface area (Å²) in [7, 11) is 0. The van der Waals surface area contributed by atoms with E-state index in [0.29, 0.717) is 16.9 Å². The predicted molar refractivity (Wildman–Crippen MR) is 93.1 cm³/mol. The average Bonchev–Trinajstić information content (AvgIpc) is 3.07. The quantitative estimate of drug-likeness (QED) is 0.434. The number of phenolic OH excluding ortho intramolecular Hbond substituents is 2. The highest BCUT2D eigenvalue weighted by Crippen LogP contribution is 2.60. The second-order valence-corrected chi connectivity index (χ2v) is 5.19. The van der Waals surface area contributed by atoms with Crippen molar-refractivity contribution >= 4 is 10.8 Å². The van der Waals surface area contributed by atoms with Crippen molar-refractivity contribution in [3.05, 3.63) is 72.9 Å². The van der Waals surface area contributed by atoms with Crippen LogP contribution in [0.15, 0.2) is 72.9 Å². The summed E-state index contributed by atoms with van der Waals surface area (Å²) in [5, 5.41) is 20.4. The molecule has 0 unspecified atom stereocenters. The van der Waals surface area contributed by atoms with Crippen LogP contribution in [0, 0.1) is 0 Å². The summed E-state index contributed by atoms with van der Waals surface area (Å²) < 4.78 is 5.05. The molecule has 3 nitrogen and oxygen atoms in total. The monoisotopic (exact) mass is 306 g/mol. The standard InChI is InChI=1S/C10H6O3.2C5H6/c11-7-5-3-1-2-4-6(5)9-10(13-9)8(7)12;2*1-2-4-5-3-1/h1-4,11-12H;2*1-4H,5H2. The summed E-state index contributed by atoms with van der Waals surface area (Å²) >= 11 is 0. The lowest BCUT2D eigenvalue weighted by Gasteiger charge is -1.97. The summed E-state index contributed by atoms with van der Waals surface area (Å²) in [6.07, 6.45) is 19.0. The van der Waals surface area contributed by atoms with Crippen molar-refractivity contribution in [3.8, 4) is 23.0 Å². The minimum absolute atomic E-state index is 0.105. The van der Waals surface area contributed by atoms with E-state index < -0.39 is 0 Å². The van der Waals surface area contributed by atoms with Crippen molar-refractivity contribution in [2.75, 3.05) is 0 Å². The average molecular weight is 306 g/mol. The summed E-state index contributed by atoms with van der Waals surface area (Å²) in [6.45, 7) is 0. The highest BCUT2D eigenvalue weighted by molar-refractivity contribution is 6.02. The second kappa shape index (κ2) is 6.88. The van der Waals surface area contributed by atoms with Crippen LogP contribution in [-0.4, -0.2) is 10.2 Å². The van der Waals surface area contributed by atoms with E-state index >= 15 is 0 Å². The molecular weight excluding hydrogens is 288 g/mol. The van der Waals surface area contributed by atoms with Gasteiger partial charge in [-0.05, 0) is 12.8 Å². The van der Waals surface area contributed by atoms with Gasteiger partial charge in [0.1, 0.15) is 0 Å². The fourth-order valence-corrected chi connectivity index (χ4v) is 2.32. The molecule has 2 aromatic rings. The number of hydrogen-bond acceptors (Lipinski definition) is 3. The lowest BCUT2D eigenvalue weighted by atomic mass is 10.1. The Morgan fingerprint density at radius 1 is 0.652 bits per heavy atom. The molecule has 23 heavy (non-hydrogen) atoms. The summed E-state index contributed by atoms with van der Waals surface area (Å²) in [4.78, 5) is 0. The molecule has 2 aromatic carbocycles. The van der Waals surface area contributed by atoms with Crippen LogP contribution in [0.3, 0.4) is 0 Å². The molecule has 1 aliphatic heterocycles. The van der Waals surface area contributed by atoms with Gasteiger partial charge in [-0.1, -0.05) is 72.9 Å². The maximum atomic E-state index is 9.54. The molecule has 0 amide bonds. The number of benzene rings is 2. The first-order chi connectivity index (χ1) is 11.3. The van der Waals surface area contributed by atoms with Gasteiger partial charge in [0.25, 0.3) is 0 Å². The van der Waals surface area contributed by atoms with Gasteiger partial charge in [-0.25, -0.2) is 0 Å². The zero-order chi connectivity index (χ0) is 16.1. The van der Waals surface area contributed by atoms with Crippen molar-refractivity contribution in [3.63, 3.8) is 0 Å². The number of aromatic hydroxyl groups is 2. The number of allylic oxidation sites excluding steroid dienone is 8. The van der Waals surface area contributed by atoms with E-state index in [1.165, 1.54) is 0 Å². The molecule has 116 valence electrons. The molecule has 0 atom stereocenters. The Bertz CT molecular complexity index is 784.